The molecule has 1 aliphatic carbocycles. The molecular formula is C18H28. The van der Waals surface area contributed by atoms with E-state index in [1.807, 2.05) is 0 Å². The fourth-order valence-corrected chi connectivity index (χ4v) is 2.68. The van der Waals surface area contributed by atoms with E-state index in [0.717, 1.165) is 6.42 Å². The first kappa shape index (κ1) is 15.0. The zero-order valence-corrected chi connectivity index (χ0v) is 12.7. The highest BCUT2D eigenvalue weighted by Crippen LogP contribution is 2.40. The van der Waals surface area contributed by atoms with Gasteiger partial charge in [-0.2, -0.15) is 0 Å². The largest absolute Gasteiger partial charge is 0.0914 e. The van der Waals surface area contributed by atoms with Crippen LogP contribution in [-0.2, 0) is 0 Å². The van der Waals surface area contributed by atoms with Crippen molar-refractivity contribution < 1.29 is 0 Å². The standard InChI is InChI=1S/C18H28/c1-6-7-8-10-15(2)12-13-17-16(3)11-9-14-18(17,4)5/h6-7,10,12-13H,8-9,11,14H2,1-5H3/b7-6+,13-12+,15-10+. The van der Waals surface area contributed by atoms with E-state index in [4.69, 9.17) is 0 Å². The highest BCUT2D eigenvalue weighted by molar-refractivity contribution is 5.35. The van der Waals surface area contributed by atoms with Crippen LogP contribution < -0.4 is 0 Å². The van der Waals surface area contributed by atoms with Gasteiger partial charge < -0.3 is 0 Å². The summed E-state index contributed by atoms with van der Waals surface area (Å²) < 4.78 is 0. The minimum atomic E-state index is 0.350. The van der Waals surface area contributed by atoms with Gasteiger partial charge in [0.25, 0.3) is 0 Å². The van der Waals surface area contributed by atoms with E-state index in [-0.39, 0.29) is 0 Å². The molecule has 0 heteroatoms. The molecule has 1 aliphatic rings. The molecule has 1 rings (SSSR count). The molecule has 0 saturated heterocycles. The molecule has 0 spiro atoms. The summed E-state index contributed by atoms with van der Waals surface area (Å²) in [5.74, 6) is 0. The van der Waals surface area contributed by atoms with Crippen molar-refractivity contribution in [2.45, 2.75) is 60.3 Å². The van der Waals surface area contributed by atoms with Gasteiger partial charge in [0.05, 0.1) is 0 Å². The molecule has 0 saturated carbocycles. The van der Waals surface area contributed by atoms with E-state index in [1.54, 1.807) is 11.1 Å². The van der Waals surface area contributed by atoms with Crippen molar-refractivity contribution >= 4 is 0 Å². The second kappa shape index (κ2) is 6.78. The second-order valence-electron chi connectivity index (χ2n) is 6.02. The van der Waals surface area contributed by atoms with Gasteiger partial charge in [-0.3, -0.25) is 0 Å². The lowest BCUT2D eigenvalue weighted by atomic mass is 9.72. The predicted molar refractivity (Wildman–Crippen MR) is 82.7 cm³/mol. The molecule has 0 unspecified atom stereocenters. The Balaban J connectivity index is 2.79. The maximum absolute atomic E-state index is 2.37. The lowest BCUT2D eigenvalue weighted by Crippen LogP contribution is -2.19. The highest BCUT2D eigenvalue weighted by atomic mass is 14.3. The SMILES string of the molecule is C/C=C/C/C=C(C)/C=C/C1=C(C)CCCC1(C)C. The van der Waals surface area contributed by atoms with Crippen LogP contribution in [0.25, 0.3) is 0 Å². The minimum absolute atomic E-state index is 0.350. The Morgan fingerprint density at radius 1 is 1.33 bits per heavy atom. The molecule has 0 bridgehead atoms. The molecule has 0 amide bonds. The zero-order chi connectivity index (χ0) is 13.6. The summed E-state index contributed by atoms with van der Waals surface area (Å²) in [5.41, 5.74) is 4.83. The summed E-state index contributed by atoms with van der Waals surface area (Å²) >= 11 is 0. The average Bonchev–Trinajstić information content (AvgIpc) is 2.28. The first-order chi connectivity index (χ1) is 8.47. The van der Waals surface area contributed by atoms with Gasteiger partial charge in [0.15, 0.2) is 0 Å². The van der Waals surface area contributed by atoms with Gasteiger partial charge in [0.1, 0.15) is 0 Å². The Kier molecular flexibility index (Phi) is 5.65. The van der Waals surface area contributed by atoms with E-state index in [9.17, 15) is 0 Å². The van der Waals surface area contributed by atoms with Crippen LogP contribution in [0.15, 0.2) is 47.1 Å². The van der Waals surface area contributed by atoms with Crippen molar-refractivity contribution in [3.05, 3.63) is 47.1 Å². The van der Waals surface area contributed by atoms with Crippen molar-refractivity contribution in [1.29, 1.82) is 0 Å². The van der Waals surface area contributed by atoms with E-state index in [2.05, 4.69) is 65.0 Å². The Morgan fingerprint density at radius 3 is 2.67 bits per heavy atom. The molecule has 0 aliphatic heterocycles. The maximum atomic E-state index is 2.37. The Bertz CT molecular complexity index is 386. The van der Waals surface area contributed by atoms with Crippen molar-refractivity contribution in [3.8, 4) is 0 Å². The van der Waals surface area contributed by atoms with Gasteiger partial charge in [-0.05, 0) is 57.4 Å². The normalized spacial score (nSPS) is 21.3. The summed E-state index contributed by atoms with van der Waals surface area (Å²) in [6.45, 7) is 11.3. The van der Waals surface area contributed by atoms with Gasteiger partial charge in [-0.25, -0.2) is 0 Å². The quantitative estimate of drug-likeness (QED) is 0.421. The van der Waals surface area contributed by atoms with Gasteiger partial charge in [-0.15, -0.1) is 0 Å². The molecule has 0 nitrogen and oxygen atoms in total. The fourth-order valence-electron chi connectivity index (χ4n) is 2.68. The van der Waals surface area contributed by atoms with Crippen molar-refractivity contribution in [2.24, 2.45) is 5.41 Å². The van der Waals surface area contributed by atoms with Crippen LogP contribution in [0, 0.1) is 5.41 Å². The van der Waals surface area contributed by atoms with Crippen LogP contribution >= 0.6 is 0 Å². The molecule has 0 aromatic heterocycles. The summed E-state index contributed by atoms with van der Waals surface area (Å²) in [5, 5.41) is 0. The van der Waals surface area contributed by atoms with Gasteiger partial charge in [0.2, 0.25) is 0 Å². The number of hydrogen-bond acceptors (Lipinski definition) is 0. The fraction of sp³-hybridized carbons (Fsp3) is 0.556. The molecule has 0 aromatic rings. The molecule has 100 valence electrons. The Morgan fingerprint density at radius 2 is 2.06 bits per heavy atom. The van der Waals surface area contributed by atoms with Crippen LogP contribution in [0.2, 0.25) is 0 Å². The average molecular weight is 244 g/mol. The molecule has 18 heavy (non-hydrogen) atoms. The molecule has 0 N–H and O–H groups in total. The Labute approximate surface area is 113 Å². The minimum Gasteiger partial charge on any atom is -0.0914 e. The summed E-state index contributed by atoms with van der Waals surface area (Å²) in [7, 11) is 0. The third-order valence-electron chi connectivity index (χ3n) is 3.87. The van der Waals surface area contributed by atoms with Crippen LogP contribution in [0.3, 0.4) is 0 Å². The molecule has 0 atom stereocenters. The van der Waals surface area contributed by atoms with E-state index in [1.165, 1.54) is 24.8 Å². The van der Waals surface area contributed by atoms with Crippen LogP contribution in [0.4, 0.5) is 0 Å². The van der Waals surface area contributed by atoms with E-state index < -0.39 is 0 Å². The van der Waals surface area contributed by atoms with Gasteiger partial charge in [0, 0.05) is 0 Å². The van der Waals surface area contributed by atoms with Gasteiger partial charge in [-0.1, -0.05) is 55.4 Å². The molecular weight excluding hydrogens is 216 g/mol. The third kappa shape index (κ3) is 4.33. The molecule has 0 heterocycles. The first-order valence-electron chi connectivity index (χ1n) is 7.13. The number of rotatable bonds is 4. The van der Waals surface area contributed by atoms with Crippen molar-refractivity contribution in [3.63, 3.8) is 0 Å². The number of hydrogen-bond donors (Lipinski definition) is 0. The molecule has 0 radical (unpaired) electrons. The van der Waals surface area contributed by atoms with Crippen LogP contribution in [0.1, 0.15) is 60.3 Å². The molecule has 0 aromatic carbocycles. The second-order valence-corrected chi connectivity index (χ2v) is 6.02. The predicted octanol–water partition coefficient (Wildman–Crippen LogP) is 5.98. The first-order valence-corrected chi connectivity index (χ1v) is 7.13. The van der Waals surface area contributed by atoms with Crippen LogP contribution in [0.5, 0.6) is 0 Å². The zero-order valence-electron chi connectivity index (χ0n) is 12.7. The molecule has 0 fully saturated rings. The number of allylic oxidation sites excluding steroid dienone is 8. The summed E-state index contributed by atoms with van der Waals surface area (Å²) in [4.78, 5) is 0. The lowest BCUT2D eigenvalue weighted by Gasteiger charge is -2.32. The van der Waals surface area contributed by atoms with E-state index in [0.29, 0.717) is 5.41 Å². The monoisotopic (exact) mass is 244 g/mol. The van der Waals surface area contributed by atoms with Crippen molar-refractivity contribution in [2.75, 3.05) is 0 Å². The highest BCUT2D eigenvalue weighted by Gasteiger charge is 2.26. The lowest BCUT2D eigenvalue weighted by molar-refractivity contribution is 0.377. The topological polar surface area (TPSA) is 0 Å². The summed E-state index contributed by atoms with van der Waals surface area (Å²) in [6.07, 6.45) is 16.1. The summed E-state index contributed by atoms with van der Waals surface area (Å²) in [6, 6.07) is 0. The smallest absolute Gasteiger partial charge is 0.0104 e. The van der Waals surface area contributed by atoms with E-state index >= 15 is 0 Å². The maximum Gasteiger partial charge on any atom is -0.0104 e. The van der Waals surface area contributed by atoms with Crippen molar-refractivity contribution in [1.82, 2.24) is 0 Å². The van der Waals surface area contributed by atoms with Crippen LogP contribution in [-0.4, -0.2) is 0 Å². The Hall–Kier alpha value is -1.04. The third-order valence-corrected chi connectivity index (χ3v) is 3.87. The van der Waals surface area contributed by atoms with Gasteiger partial charge >= 0.3 is 0 Å².